The smallest absolute Gasteiger partial charge is 0.487 e. The minimum Gasteiger partial charge on any atom is -0.487 e. The van der Waals surface area contributed by atoms with Crippen LogP contribution >= 0.6 is 0 Å². The predicted molar refractivity (Wildman–Crippen MR) is 69.7 cm³/mol. The van der Waals surface area contributed by atoms with Gasteiger partial charge in [-0.25, -0.2) is 0 Å². The van der Waals surface area contributed by atoms with Gasteiger partial charge < -0.3 is 18.4 Å². The van der Waals surface area contributed by atoms with E-state index in [-0.39, 0.29) is 0 Å². The van der Waals surface area contributed by atoms with E-state index in [0.29, 0.717) is 23.7 Å². The fourth-order valence-electron chi connectivity index (χ4n) is 1.25. The fourth-order valence-corrected chi connectivity index (χ4v) is 3.74. The average molecular weight is 258 g/mol. The highest BCUT2D eigenvalue weighted by molar-refractivity contribution is 6.63. The number of aliphatic hydroxyl groups is 1. The monoisotopic (exact) mass is 258 g/mol. The maximum absolute atomic E-state index is 10.1. The van der Waals surface area contributed by atoms with Gasteiger partial charge >= 0.3 is 8.80 Å². The summed E-state index contributed by atoms with van der Waals surface area (Å²) in [6.45, 7) is 17.8. The molecule has 0 aromatic heterocycles. The lowest BCUT2D eigenvalue weighted by Gasteiger charge is -2.33. The minimum absolute atomic E-state index is 0.423. The van der Waals surface area contributed by atoms with Crippen LogP contribution in [-0.2, 0) is 13.3 Å². The molecule has 1 N–H and O–H groups in total. The Morgan fingerprint density at radius 1 is 1.00 bits per heavy atom. The summed E-state index contributed by atoms with van der Waals surface area (Å²) in [4.78, 5) is 0. The third-order valence-corrected chi connectivity index (χ3v) is 4.87. The number of aliphatic hydroxyl groups excluding tert-OH is 1. The summed E-state index contributed by atoms with van der Waals surface area (Å²) < 4.78 is 16.6. The molecule has 0 aromatic rings. The third kappa shape index (κ3) is 5.10. The quantitative estimate of drug-likeness (QED) is 0.537. The van der Waals surface area contributed by atoms with Gasteiger partial charge in [0.15, 0.2) is 5.73 Å². The molecule has 0 aliphatic carbocycles. The topological polar surface area (TPSA) is 47.9 Å². The van der Waals surface area contributed by atoms with Gasteiger partial charge in [0.25, 0.3) is 0 Å². The Morgan fingerprint density at radius 3 is 1.47 bits per heavy atom. The summed E-state index contributed by atoms with van der Waals surface area (Å²) in [7, 11) is -3.33. The van der Waals surface area contributed by atoms with Crippen LogP contribution in [0.4, 0.5) is 0 Å². The van der Waals surface area contributed by atoms with E-state index in [1.165, 1.54) is 0 Å². The molecule has 0 aromatic carbocycles. The van der Waals surface area contributed by atoms with Gasteiger partial charge in [-0.05, 0) is 27.2 Å². The van der Waals surface area contributed by atoms with Crippen molar-refractivity contribution in [2.75, 3.05) is 0 Å². The first kappa shape index (κ1) is 15.8. The summed E-state index contributed by atoms with van der Waals surface area (Å²) in [6, 6.07) is 0. The van der Waals surface area contributed by atoms with Crippen molar-refractivity contribution in [3.63, 3.8) is 0 Å². The Labute approximate surface area is 105 Å². The first-order chi connectivity index (χ1) is 7.73. The van der Waals surface area contributed by atoms with Crippen LogP contribution in [0.15, 0.2) is 37.0 Å². The Bertz CT molecular complexity index is 271. The molecule has 5 heteroatoms. The molecule has 1 unspecified atom stereocenters. The summed E-state index contributed by atoms with van der Waals surface area (Å²) >= 11 is 0. The lowest BCUT2D eigenvalue weighted by atomic mass is 10.5. The van der Waals surface area contributed by atoms with E-state index in [0.717, 1.165) is 0 Å². The molecule has 0 saturated carbocycles. The zero-order chi connectivity index (χ0) is 13.6. The third-order valence-electron chi connectivity index (χ3n) is 1.74. The molecule has 0 aliphatic rings. The van der Waals surface area contributed by atoms with Crippen LogP contribution in [0.25, 0.3) is 0 Å². The summed E-state index contributed by atoms with van der Waals surface area (Å²) in [6.07, 6.45) is 0.445. The lowest BCUT2D eigenvalue weighted by Crippen LogP contribution is -2.55. The normalized spacial score (nSPS) is 12.5. The van der Waals surface area contributed by atoms with Crippen LogP contribution in [-0.4, -0.2) is 19.6 Å². The fraction of sp³-hybridized carbons (Fsp3) is 0.500. The number of hydrogen-bond donors (Lipinski definition) is 1. The highest BCUT2D eigenvalue weighted by Gasteiger charge is 2.56. The summed E-state index contributed by atoms with van der Waals surface area (Å²) in [5, 5.41) is 10.1. The molecule has 17 heavy (non-hydrogen) atoms. The van der Waals surface area contributed by atoms with Crippen molar-refractivity contribution < 1.29 is 18.4 Å². The molecule has 0 amide bonds. The van der Waals surface area contributed by atoms with Crippen molar-refractivity contribution in [2.45, 2.75) is 39.8 Å². The first-order valence-corrected chi connectivity index (χ1v) is 7.25. The number of allylic oxidation sites excluding steroid dienone is 3. The van der Waals surface area contributed by atoms with Crippen LogP contribution in [0.1, 0.15) is 34.1 Å². The summed E-state index contributed by atoms with van der Waals surface area (Å²) in [5.41, 5.74) is -0.854. The van der Waals surface area contributed by atoms with E-state index in [1.807, 2.05) is 6.92 Å². The zero-order valence-corrected chi connectivity index (χ0v) is 12.1. The molecular formula is C12H22O4Si. The van der Waals surface area contributed by atoms with Gasteiger partial charge in [0.05, 0.1) is 17.3 Å². The van der Waals surface area contributed by atoms with Gasteiger partial charge in [0.2, 0.25) is 0 Å². The number of rotatable bonds is 8. The van der Waals surface area contributed by atoms with Crippen LogP contribution in [0.3, 0.4) is 0 Å². The molecule has 0 bridgehead atoms. The molecule has 0 aliphatic heterocycles. The molecule has 0 radical (unpaired) electrons. The Hall–Kier alpha value is -1.20. The second-order valence-corrected chi connectivity index (χ2v) is 6.43. The van der Waals surface area contributed by atoms with Crippen molar-refractivity contribution in [1.29, 1.82) is 0 Å². The van der Waals surface area contributed by atoms with Crippen molar-refractivity contribution >= 4 is 8.80 Å². The second kappa shape index (κ2) is 6.51. The summed E-state index contributed by atoms with van der Waals surface area (Å²) in [5.74, 6) is 1.27. The van der Waals surface area contributed by atoms with Crippen molar-refractivity contribution in [3.05, 3.63) is 37.0 Å². The predicted octanol–water partition coefficient (Wildman–Crippen LogP) is 2.89. The van der Waals surface area contributed by atoms with E-state index in [1.54, 1.807) is 20.8 Å². The molecule has 0 spiro atoms. The SMILES string of the molecule is C=C(C)O[Si](OC(=C)C)(OC(=C)C)C(O)CC. The van der Waals surface area contributed by atoms with Gasteiger partial charge in [0, 0.05) is 0 Å². The molecule has 98 valence electrons. The molecule has 1 atom stereocenters. The second-order valence-electron chi connectivity index (χ2n) is 3.94. The number of hydrogen-bond acceptors (Lipinski definition) is 4. The molecule has 0 fully saturated rings. The minimum atomic E-state index is -3.33. The lowest BCUT2D eigenvalue weighted by molar-refractivity contribution is 0.0716. The van der Waals surface area contributed by atoms with E-state index >= 15 is 0 Å². The van der Waals surface area contributed by atoms with Crippen molar-refractivity contribution in [2.24, 2.45) is 0 Å². The van der Waals surface area contributed by atoms with Gasteiger partial charge in [-0.15, -0.1) is 0 Å². The molecule has 0 saturated heterocycles. The first-order valence-electron chi connectivity index (χ1n) is 5.45. The van der Waals surface area contributed by atoms with Gasteiger partial charge in [-0.1, -0.05) is 26.7 Å². The van der Waals surface area contributed by atoms with Crippen molar-refractivity contribution in [3.8, 4) is 0 Å². The zero-order valence-electron chi connectivity index (χ0n) is 11.1. The van der Waals surface area contributed by atoms with E-state index < -0.39 is 14.5 Å². The van der Waals surface area contributed by atoms with E-state index in [4.69, 9.17) is 13.3 Å². The van der Waals surface area contributed by atoms with Gasteiger partial charge in [-0.2, -0.15) is 0 Å². The molecule has 4 nitrogen and oxygen atoms in total. The van der Waals surface area contributed by atoms with Crippen LogP contribution in [0, 0.1) is 0 Å². The Morgan fingerprint density at radius 2 is 1.29 bits per heavy atom. The van der Waals surface area contributed by atoms with E-state index in [2.05, 4.69) is 19.7 Å². The maximum atomic E-state index is 10.1. The van der Waals surface area contributed by atoms with Crippen molar-refractivity contribution in [1.82, 2.24) is 0 Å². The molecular weight excluding hydrogens is 236 g/mol. The molecule has 0 rings (SSSR count). The maximum Gasteiger partial charge on any atom is 0.729 e. The Balaban J connectivity index is 5.24. The average Bonchev–Trinajstić information content (AvgIpc) is 2.12. The van der Waals surface area contributed by atoms with Crippen LogP contribution < -0.4 is 0 Å². The highest BCUT2D eigenvalue weighted by Crippen LogP contribution is 2.24. The van der Waals surface area contributed by atoms with E-state index in [9.17, 15) is 5.11 Å². The van der Waals surface area contributed by atoms with Gasteiger partial charge in [0.1, 0.15) is 0 Å². The highest BCUT2D eigenvalue weighted by atomic mass is 28.4. The Kier molecular flexibility index (Phi) is 6.05. The van der Waals surface area contributed by atoms with Crippen LogP contribution in [0.2, 0.25) is 0 Å². The standard InChI is InChI=1S/C12H22O4Si/c1-8-12(13)17(14-9(2)3,15-10(4)5)16-11(6)7/h12-13H,2,4,6,8H2,1,3,5,7H3. The molecule has 0 heterocycles. The van der Waals surface area contributed by atoms with Crippen LogP contribution in [0.5, 0.6) is 0 Å². The van der Waals surface area contributed by atoms with Gasteiger partial charge in [-0.3, -0.25) is 0 Å². The largest absolute Gasteiger partial charge is 0.729 e.